The van der Waals surface area contributed by atoms with Crippen LogP contribution in [0.2, 0.25) is 0 Å². The molecule has 31 heavy (non-hydrogen) atoms. The molecule has 0 radical (unpaired) electrons. The third-order valence-electron chi connectivity index (χ3n) is 5.04. The Kier molecular flexibility index (Phi) is 4.35. The highest BCUT2D eigenvalue weighted by Crippen LogP contribution is 2.82. The number of halogens is 20. The lowest BCUT2D eigenvalue weighted by Crippen LogP contribution is -3.00. The summed E-state index contributed by atoms with van der Waals surface area (Å²) in [5.74, 6) is -60.9. The second kappa shape index (κ2) is 5.22. The number of rotatable bonds is 0. The molecular weight excluding hydrogens is 512 g/mol. The average molecular weight is 512 g/mol. The number of hydrogen-bond donors (Lipinski definition) is 0. The van der Waals surface area contributed by atoms with E-state index in [1.807, 2.05) is 0 Å². The van der Waals surface area contributed by atoms with Crippen LogP contribution in [0.1, 0.15) is 0 Å². The first-order chi connectivity index (χ1) is 13.0. The molecule has 2 saturated carbocycles. The molecule has 2 aliphatic carbocycles. The summed E-state index contributed by atoms with van der Waals surface area (Å²) < 4.78 is 270. The van der Waals surface area contributed by atoms with E-state index in [-0.39, 0.29) is 0 Å². The summed E-state index contributed by atoms with van der Waals surface area (Å²) in [6.07, 6.45) is -8.38. The predicted molar refractivity (Wildman–Crippen MR) is 52.2 cm³/mol. The minimum atomic E-state index is -9.03. The second-order valence-corrected chi connectivity index (χ2v) is 6.49. The zero-order valence-electron chi connectivity index (χ0n) is 13.1. The van der Waals surface area contributed by atoms with E-state index in [0.717, 1.165) is 0 Å². The van der Waals surface area contributed by atoms with Crippen LogP contribution < -0.4 is 0 Å². The number of alkyl halides is 20. The Morgan fingerprint density at radius 1 is 0.290 bits per heavy atom. The van der Waals surface area contributed by atoms with Crippen molar-refractivity contribution in [2.45, 2.75) is 64.6 Å². The summed E-state index contributed by atoms with van der Waals surface area (Å²) in [6, 6.07) is 0. The molecule has 0 N–H and O–H groups in total. The van der Waals surface area contributed by atoms with E-state index >= 15 is 0 Å². The smallest absolute Gasteiger partial charge is 0.226 e. The minimum Gasteiger partial charge on any atom is -0.226 e. The van der Waals surface area contributed by atoms with Crippen molar-refractivity contribution in [3.63, 3.8) is 0 Å². The van der Waals surface area contributed by atoms with E-state index in [1.54, 1.807) is 0 Å². The van der Waals surface area contributed by atoms with Crippen LogP contribution in [0.15, 0.2) is 0 Å². The lowest BCUT2D eigenvalue weighted by Gasteiger charge is -2.64. The molecule has 2 rings (SSSR count). The fourth-order valence-corrected chi connectivity index (χ4v) is 3.31. The molecule has 0 unspecified atom stereocenters. The molecule has 2 fully saturated rings. The first kappa shape index (κ1) is 25.9. The van der Waals surface area contributed by atoms with Gasteiger partial charge in [-0.25, -0.2) is 13.2 Å². The zero-order chi connectivity index (χ0) is 25.5. The fraction of sp³-hybridized carbons (Fsp3) is 1.00. The van der Waals surface area contributed by atoms with Gasteiger partial charge in [-0.1, -0.05) is 0 Å². The maximum absolute atomic E-state index is 14.4. The van der Waals surface area contributed by atoms with Gasteiger partial charge in [0.05, 0.1) is 0 Å². The van der Waals surface area contributed by atoms with Crippen molar-refractivity contribution < 1.29 is 87.8 Å². The van der Waals surface area contributed by atoms with Crippen molar-refractivity contribution in [3.05, 3.63) is 0 Å². The molecule has 0 aromatic carbocycles. The monoisotopic (exact) mass is 512 g/mol. The van der Waals surface area contributed by atoms with Crippen molar-refractivity contribution in [1.82, 2.24) is 0 Å². The molecule has 0 aromatic heterocycles. The van der Waals surface area contributed by atoms with Crippen LogP contribution in [0.3, 0.4) is 0 Å². The molecule has 0 aromatic rings. The van der Waals surface area contributed by atoms with Gasteiger partial charge in [0, 0.05) is 0 Å². The third-order valence-corrected chi connectivity index (χ3v) is 5.04. The Balaban J connectivity index is 3.31. The van der Waals surface area contributed by atoms with Gasteiger partial charge in [0.1, 0.15) is 0 Å². The van der Waals surface area contributed by atoms with Crippen LogP contribution in [0, 0.1) is 0 Å². The predicted octanol–water partition coefficient (Wildman–Crippen LogP) is 6.15. The quantitative estimate of drug-likeness (QED) is 0.342. The van der Waals surface area contributed by atoms with Gasteiger partial charge in [-0.3, -0.25) is 0 Å². The standard InChI is InChI=1S/C11F20/c12-1-2(13,7(21,22)10(27,28)9(25,26)6(1,19)20)5(17,18)8(23,24)3(14,4(1,15)16)11(29,30)31/t1-,2+,3-/m1/s1. The highest BCUT2D eigenvalue weighted by molar-refractivity contribution is 5.44. The first-order valence-corrected chi connectivity index (χ1v) is 6.78. The summed E-state index contributed by atoms with van der Waals surface area (Å²) in [7, 11) is 0. The summed E-state index contributed by atoms with van der Waals surface area (Å²) in [5.41, 5.74) is -26.8. The molecule has 0 spiro atoms. The largest absolute Gasteiger partial charge is 0.435 e. The van der Waals surface area contributed by atoms with Gasteiger partial charge < -0.3 is 0 Å². The number of hydrogen-bond acceptors (Lipinski definition) is 0. The maximum atomic E-state index is 14.4. The Morgan fingerprint density at radius 2 is 0.516 bits per heavy atom. The fourth-order valence-electron chi connectivity index (χ4n) is 3.31. The SMILES string of the molecule is FC1(F)C(F)(F)C(F)(F)[C@]2(F)C(F)(F)[C@](F)(C(F)(F)F)C(F)(F)C(F)(F)[C@]2(F)C1(F)F. The Bertz CT molecular complexity index is 789. The maximum Gasteiger partial charge on any atom is 0.435 e. The van der Waals surface area contributed by atoms with Crippen LogP contribution in [-0.2, 0) is 0 Å². The second-order valence-electron chi connectivity index (χ2n) is 6.49. The van der Waals surface area contributed by atoms with Crippen molar-refractivity contribution >= 4 is 0 Å². The first-order valence-electron chi connectivity index (χ1n) is 6.78. The highest BCUT2D eigenvalue weighted by atomic mass is 19.4. The van der Waals surface area contributed by atoms with Crippen molar-refractivity contribution in [1.29, 1.82) is 0 Å². The van der Waals surface area contributed by atoms with Gasteiger partial charge in [0.2, 0.25) is 0 Å². The summed E-state index contributed by atoms with van der Waals surface area (Å²) in [5, 5.41) is 0. The van der Waals surface area contributed by atoms with Gasteiger partial charge in [0.15, 0.2) is 0 Å². The lowest BCUT2D eigenvalue weighted by atomic mass is 9.52. The molecule has 0 saturated heterocycles. The van der Waals surface area contributed by atoms with Crippen LogP contribution in [0.25, 0.3) is 0 Å². The molecule has 0 amide bonds. The van der Waals surface area contributed by atoms with Crippen LogP contribution in [0.4, 0.5) is 87.8 Å². The van der Waals surface area contributed by atoms with E-state index in [4.69, 9.17) is 0 Å². The average Bonchev–Trinajstić information content (AvgIpc) is 2.54. The highest BCUT2D eigenvalue weighted by Gasteiger charge is 3.16. The molecular formula is C11F20. The zero-order valence-corrected chi connectivity index (χ0v) is 13.1. The minimum absolute atomic E-state index is 8.38. The van der Waals surface area contributed by atoms with Crippen LogP contribution in [-0.4, -0.2) is 64.6 Å². The number of fused-ring (bicyclic) bond motifs is 1. The van der Waals surface area contributed by atoms with Gasteiger partial charge in [-0.2, -0.15) is 74.6 Å². The molecule has 0 nitrogen and oxygen atoms in total. The van der Waals surface area contributed by atoms with E-state index < -0.39 is 64.6 Å². The molecule has 0 bridgehead atoms. The third kappa shape index (κ3) is 1.78. The normalized spacial score (nSPS) is 43.7. The Labute approximate surface area is 154 Å². The van der Waals surface area contributed by atoms with Crippen molar-refractivity contribution in [3.8, 4) is 0 Å². The Morgan fingerprint density at radius 3 is 0.774 bits per heavy atom. The molecule has 2 aliphatic rings. The topological polar surface area (TPSA) is 0 Å². The van der Waals surface area contributed by atoms with Gasteiger partial charge in [0.25, 0.3) is 11.3 Å². The van der Waals surface area contributed by atoms with Crippen LogP contribution >= 0.6 is 0 Å². The summed E-state index contributed by atoms with van der Waals surface area (Å²) in [4.78, 5) is 0. The summed E-state index contributed by atoms with van der Waals surface area (Å²) >= 11 is 0. The molecule has 3 atom stereocenters. The summed E-state index contributed by atoms with van der Waals surface area (Å²) in [6.45, 7) is 0. The van der Waals surface area contributed by atoms with Crippen molar-refractivity contribution in [2.24, 2.45) is 0 Å². The lowest BCUT2D eigenvalue weighted by molar-refractivity contribution is -0.563. The van der Waals surface area contributed by atoms with Crippen molar-refractivity contribution in [2.75, 3.05) is 0 Å². The van der Waals surface area contributed by atoms with Crippen LogP contribution in [0.5, 0.6) is 0 Å². The van der Waals surface area contributed by atoms with E-state index in [0.29, 0.717) is 0 Å². The molecule has 0 aliphatic heterocycles. The van der Waals surface area contributed by atoms with Gasteiger partial charge >= 0.3 is 53.3 Å². The van der Waals surface area contributed by atoms with E-state index in [2.05, 4.69) is 0 Å². The van der Waals surface area contributed by atoms with Gasteiger partial charge in [-0.15, -0.1) is 0 Å². The molecule has 0 heterocycles. The molecule has 20 heteroatoms. The van der Waals surface area contributed by atoms with E-state index in [1.165, 1.54) is 0 Å². The van der Waals surface area contributed by atoms with Gasteiger partial charge in [-0.05, 0) is 0 Å². The Hall–Kier alpha value is -1.40. The van der Waals surface area contributed by atoms with E-state index in [9.17, 15) is 87.8 Å². The molecule has 184 valence electrons.